The van der Waals surface area contributed by atoms with Crippen molar-refractivity contribution in [2.75, 3.05) is 26.4 Å². The summed E-state index contributed by atoms with van der Waals surface area (Å²) in [6.07, 6.45) is 2.35. The Morgan fingerprint density at radius 1 is 0.941 bits per heavy atom. The fourth-order valence-corrected chi connectivity index (χ4v) is 1.14. The molecule has 6 nitrogen and oxygen atoms in total. The number of ether oxygens (including phenoxy) is 2. The van der Waals surface area contributed by atoms with Crippen molar-refractivity contribution in [3.63, 3.8) is 0 Å². The third-order valence-electron chi connectivity index (χ3n) is 1.98. The van der Waals surface area contributed by atoms with Gasteiger partial charge in [0.2, 0.25) is 0 Å². The standard InChI is InChI=1S/C11H20O6/c12-6-9-16-8-5-11(15)17-7-3-1-2-4-10(13)14/h12H,1-9H2,(H,13,14). The summed E-state index contributed by atoms with van der Waals surface area (Å²) < 4.78 is 9.81. The number of rotatable bonds is 11. The fourth-order valence-electron chi connectivity index (χ4n) is 1.14. The molecule has 0 aromatic carbocycles. The lowest BCUT2D eigenvalue weighted by Crippen LogP contribution is -2.10. The second-order valence-electron chi connectivity index (χ2n) is 3.51. The second-order valence-corrected chi connectivity index (χ2v) is 3.51. The molecule has 0 radical (unpaired) electrons. The molecule has 0 rings (SSSR count). The van der Waals surface area contributed by atoms with Gasteiger partial charge in [0.15, 0.2) is 0 Å². The first-order chi connectivity index (χ1) is 8.16. The van der Waals surface area contributed by atoms with Crippen LogP contribution < -0.4 is 0 Å². The van der Waals surface area contributed by atoms with E-state index in [1.165, 1.54) is 0 Å². The van der Waals surface area contributed by atoms with Gasteiger partial charge >= 0.3 is 11.9 Å². The summed E-state index contributed by atoms with van der Waals surface area (Å²) in [7, 11) is 0. The maximum absolute atomic E-state index is 11.1. The topological polar surface area (TPSA) is 93.1 Å². The zero-order chi connectivity index (χ0) is 12.9. The van der Waals surface area contributed by atoms with Crippen LogP contribution >= 0.6 is 0 Å². The van der Waals surface area contributed by atoms with Crippen molar-refractivity contribution >= 4 is 11.9 Å². The monoisotopic (exact) mass is 248 g/mol. The largest absolute Gasteiger partial charge is 0.481 e. The van der Waals surface area contributed by atoms with Crippen LogP contribution in [0.2, 0.25) is 0 Å². The summed E-state index contributed by atoms with van der Waals surface area (Å²) in [6.45, 7) is 0.734. The zero-order valence-electron chi connectivity index (χ0n) is 9.89. The average molecular weight is 248 g/mol. The molecule has 0 bridgehead atoms. The highest BCUT2D eigenvalue weighted by atomic mass is 16.5. The molecular weight excluding hydrogens is 228 g/mol. The van der Waals surface area contributed by atoms with Gasteiger partial charge in [0.1, 0.15) is 0 Å². The predicted molar refractivity (Wildman–Crippen MR) is 59.6 cm³/mol. The van der Waals surface area contributed by atoms with E-state index >= 15 is 0 Å². The molecule has 0 aromatic rings. The summed E-state index contributed by atoms with van der Waals surface area (Å²) in [5.41, 5.74) is 0. The summed E-state index contributed by atoms with van der Waals surface area (Å²) in [6, 6.07) is 0. The zero-order valence-corrected chi connectivity index (χ0v) is 9.89. The average Bonchev–Trinajstić information content (AvgIpc) is 2.29. The molecule has 0 aliphatic carbocycles. The summed E-state index contributed by atoms with van der Waals surface area (Å²) in [5, 5.41) is 16.8. The highest BCUT2D eigenvalue weighted by Crippen LogP contribution is 2.00. The summed E-state index contributed by atoms with van der Waals surface area (Å²) in [4.78, 5) is 21.3. The Morgan fingerprint density at radius 2 is 1.71 bits per heavy atom. The normalized spacial score (nSPS) is 10.2. The van der Waals surface area contributed by atoms with Crippen LogP contribution in [0.1, 0.15) is 32.1 Å². The van der Waals surface area contributed by atoms with Crippen LogP contribution in [0, 0.1) is 0 Å². The van der Waals surface area contributed by atoms with Gasteiger partial charge < -0.3 is 19.7 Å². The highest BCUT2D eigenvalue weighted by molar-refractivity contribution is 5.69. The minimum atomic E-state index is -0.803. The highest BCUT2D eigenvalue weighted by Gasteiger charge is 2.02. The number of carbonyl (C=O) groups excluding carboxylic acids is 1. The van der Waals surface area contributed by atoms with Gasteiger partial charge in [0, 0.05) is 6.42 Å². The summed E-state index contributed by atoms with van der Waals surface area (Å²) in [5.74, 6) is -1.13. The van der Waals surface area contributed by atoms with Crippen molar-refractivity contribution < 1.29 is 29.3 Å². The van der Waals surface area contributed by atoms with Gasteiger partial charge in [-0.15, -0.1) is 0 Å². The smallest absolute Gasteiger partial charge is 0.308 e. The molecule has 0 unspecified atom stereocenters. The Balaban J connectivity index is 3.19. The lowest BCUT2D eigenvalue weighted by atomic mass is 10.2. The number of carbonyl (C=O) groups is 2. The maximum atomic E-state index is 11.1. The molecule has 6 heteroatoms. The molecule has 2 N–H and O–H groups in total. The number of carboxylic acid groups (broad SMARTS) is 1. The van der Waals surface area contributed by atoms with Crippen LogP contribution in [0.3, 0.4) is 0 Å². The van der Waals surface area contributed by atoms with Gasteiger partial charge in [-0.25, -0.2) is 0 Å². The van der Waals surface area contributed by atoms with E-state index in [4.69, 9.17) is 19.7 Å². The van der Waals surface area contributed by atoms with Crippen LogP contribution in [0.25, 0.3) is 0 Å². The Morgan fingerprint density at radius 3 is 2.35 bits per heavy atom. The molecule has 0 aliphatic heterocycles. The number of unbranched alkanes of at least 4 members (excludes halogenated alkanes) is 2. The maximum Gasteiger partial charge on any atom is 0.308 e. The lowest BCUT2D eigenvalue weighted by Gasteiger charge is -2.04. The lowest BCUT2D eigenvalue weighted by molar-refractivity contribution is -0.145. The van der Waals surface area contributed by atoms with Crippen LogP contribution in [-0.4, -0.2) is 48.6 Å². The van der Waals surface area contributed by atoms with Crippen molar-refractivity contribution in [3.05, 3.63) is 0 Å². The molecule has 0 heterocycles. The molecule has 17 heavy (non-hydrogen) atoms. The quantitative estimate of drug-likeness (QED) is 0.410. The Bertz CT molecular complexity index is 216. The van der Waals surface area contributed by atoms with E-state index in [2.05, 4.69) is 0 Å². The van der Waals surface area contributed by atoms with Gasteiger partial charge in [0.05, 0.1) is 32.8 Å². The van der Waals surface area contributed by atoms with E-state index in [-0.39, 0.29) is 38.6 Å². The van der Waals surface area contributed by atoms with Crippen LogP contribution in [0.15, 0.2) is 0 Å². The van der Waals surface area contributed by atoms with Crippen molar-refractivity contribution in [3.8, 4) is 0 Å². The predicted octanol–water partition coefficient (Wildman–Crippen LogP) is 0.574. The molecule has 0 amide bonds. The van der Waals surface area contributed by atoms with Gasteiger partial charge in [-0.1, -0.05) is 0 Å². The molecule has 0 fully saturated rings. The molecular formula is C11H20O6. The number of aliphatic carboxylic acids is 1. The number of aliphatic hydroxyl groups is 1. The fraction of sp³-hybridized carbons (Fsp3) is 0.818. The molecule has 0 atom stereocenters. The number of aliphatic hydroxyl groups excluding tert-OH is 1. The molecule has 0 aliphatic rings. The van der Waals surface area contributed by atoms with Crippen LogP contribution in [-0.2, 0) is 19.1 Å². The Labute approximate surface area is 101 Å². The minimum absolute atomic E-state index is 0.0569. The Hall–Kier alpha value is -1.14. The molecule has 0 saturated heterocycles. The van der Waals surface area contributed by atoms with Crippen molar-refractivity contribution in [1.29, 1.82) is 0 Å². The number of hydrogen-bond donors (Lipinski definition) is 2. The van der Waals surface area contributed by atoms with Gasteiger partial charge in [-0.2, -0.15) is 0 Å². The van der Waals surface area contributed by atoms with E-state index in [0.29, 0.717) is 19.4 Å². The number of esters is 1. The third-order valence-corrected chi connectivity index (χ3v) is 1.98. The van der Waals surface area contributed by atoms with E-state index in [9.17, 15) is 9.59 Å². The van der Waals surface area contributed by atoms with E-state index in [1.54, 1.807) is 0 Å². The van der Waals surface area contributed by atoms with Crippen molar-refractivity contribution in [2.24, 2.45) is 0 Å². The summed E-state index contributed by atoms with van der Waals surface area (Å²) >= 11 is 0. The Kier molecular flexibility index (Phi) is 10.6. The van der Waals surface area contributed by atoms with E-state index in [1.807, 2.05) is 0 Å². The molecule has 100 valence electrons. The second kappa shape index (κ2) is 11.3. The van der Waals surface area contributed by atoms with E-state index in [0.717, 1.165) is 6.42 Å². The molecule has 0 aromatic heterocycles. The minimum Gasteiger partial charge on any atom is -0.481 e. The van der Waals surface area contributed by atoms with Crippen LogP contribution in [0.4, 0.5) is 0 Å². The first kappa shape index (κ1) is 15.9. The molecule has 0 saturated carbocycles. The van der Waals surface area contributed by atoms with Crippen molar-refractivity contribution in [2.45, 2.75) is 32.1 Å². The van der Waals surface area contributed by atoms with Crippen molar-refractivity contribution in [1.82, 2.24) is 0 Å². The van der Waals surface area contributed by atoms with Gasteiger partial charge in [-0.3, -0.25) is 9.59 Å². The third kappa shape index (κ3) is 12.8. The first-order valence-corrected chi connectivity index (χ1v) is 5.73. The van der Waals surface area contributed by atoms with Gasteiger partial charge in [-0.05, 0) is 19.3 Å². The van der Waals surface area contributed by atoms with Crippen LogP contribution in [0.5, 0.6) is 0 Å². The van der Waals surface area contributed by atoms with Gasteiger partial charge in [0.25, 0.3) is 0 Å². The number of carboxylic acids is 1. The molecule has 0 spiro atoms. The number of hydrogen-bond acceptors (Lipinski definition) is 5. The SMILES string of the molecule is O=C(O)CCCCCOC(=O)CCOCCO. The van der Waals surface area contributed by atoms with E-state index < -0.39 is 5.97 Å². The first-order valence-electron chi connectivity index (χ1n) is 5.73.